The lowest BCUT2D eigenvalue weighted by molar-refractivity contribution is -0.0363. The summed E-state index contributed by atoms with van der Waals surface area (Å²) in [5.74, 6) is -0.715. The molecule has 0 spiro atoms. The fourth-order valence-corrected chi connectivity index (χ4v) is 7.35. The maximum absolute atomic E-state index is 15.4. The van der Waals surface area contributed by atoms with Gasteiger partial charge in [0.15, 0.2) is 0 Å². The zero-order valence-electron chi connectivity index (χ0n) is 32.5. The number of anilines is 2. The predicted octanol–water partition coefficient (Wildman–Crippen LogP) is 3.07. The van der Waals surface area contributed by atoms with Gasteiger partial charge in [-0.2, -0.15) is 9.59 Å². The maximum atomic E-state index is 15.4. The highest BCUT2D eigenvalue weighted by atomic mass is 31.2. The number of hydrogen-bond acceptors (Lipinski definition) is 16. The van der Waals surface area contributed by atoms with Crippen molar-refractivity contribution >= 4 is 31.4 Å². The van der Waals surface area contributed by atoms with Crippen LogP contribution >= 0.6 is 7.82 Å². The number of benzene rings is 2. The van der Waals surface area contributed by atoms with Gasteiger partial charge in [-0.25, -0.2) is 22.9 Å². The molecule has 2 aliphatic heterocycles. The number of ether oxygens (including phenoxy) is 3. The molecule has 6 heterocycles. The van der Waals surface area contributed by atoms with E-state index in [2.05, 4.69) is 40.8 Å². The van der Waals surface area contributed by atoms with Gasteiger partial charge in [0, 0.05) is 41.1 Å². The van der Waals surface area contributed by atoms with Crippen LogP contribution in [0.2, 0.25) is 0 Å². The van der Waals surface area contributed by atoms with Crippen molar-refractivity contribution < 1.29 is 56.6 Å². The van der Waals surface area contributed by atoms with Gasteiger partial charge in [0.25, 0.3) is 0 Å². The standard InChI is InChI=1S/C37H35F2N12O10P/c1-48-44-34(42-46-48)30-9-3-20(14-40-30)26-7-5-22(11-28(26)38)50-16-25(59-36(50)53)19-58-18-24(52)13-32(61-62(55,56)57)33-17-51(37(54)60-33)23-6-8-27(29(39)12-23)21-4-10-31(41-15-21)35-43-47-49(2)45-35/h3-12,14-15,24-25,32-33,52H,13,16-19H2,1-2H3,(H2,55,56,57)/t24?,25-,32?,33-/m1/s1. The first kappa shape index (κ1) is 42.0. The summed E-state index contributed by atoms with van der Waals surface area (Å²) >= 11 is 0. The summed E-state index contributed by atoms with van der Waals surface area (Å²) in [4.78, 5) is 58.4. The average molecular weight is 877 g/mol. The number of cyclic esters (lactones) is 2. The summed E-state index contributed by atoms with van der Waals surface area (Å²) in [6.07, 6.45) is -4.31. The smallest absolute Gasteiger partial charge is 0.441 e. The molecule has 3 N–H and O–H groups in total. The monoisotopic (exact) mass is 876 g/mol. The van der Waals surface area contributed by atoms with Crippen molar-refractivity contribution in [3.05, 3.63) is 84.7 Å². The number of aromatic nitrogens is 10. The molecular weight excluding hydrogens is 841 g/mol. The van der Waals surface area contributed by atoms with Gasteiger partial charge in [-0.05, 0) is 59.0 Å². The molecule has 4 aromatic heterocycles. The summed E-state index contributed by atoms with van der Waals surface area (Å²) in [5.41, 5.74) is 2.50. The van der Waals surface area contributed by atoms with Gasteiger partial charge >= 0.3 is 20.0 Å². The van der Waals surface area contributed by atoms with Gasteiger partial charge in [0.2, 0.25) is 11.6 Å². The van der Waals surface area contributed by atoms with Gasteiger partial charge in [-0.1, -0.05) is 12.1 Å². The highest BCUT2D eigenvalue weighted by Crippen LogP contribution is 2.41. The van der Waals surface area contributed by atoms with Crippen LogP contribution in [0.15, 0.2) is 73.1 Å². The summed E-state index contributed by atoms with van der Waals surface area (Å²) in [7, 11) is -1.95. The van der Waals surface area contributed by atoms with Crippen molar-refractivity contribution in [3.63, 3.8) is 0 Å². The summed E-state index contributed by atoms with van der Waals surface area (Å²) in [6.45, 7) is -0.924. The van der Waals surface area contributed by atoms with Crippen LogP contribution in [0.5, 0.6) is 0 Å². The largest absolute Gasteiger partial charge is 0.469 e. The van der Waals surface area contributed by atoms with Crippen LogP contribution in [0.1, 0.15) is 6.42 Å². The van der Waals surface area contributed by atoms with Crippen LogP contribution in [0.3, 0.4) is 0 Å². The molecule has 6 aromatic rings. The van der Waals surface area contributed by atoms with Crippen molar-refractivity contribution in [3.8, 4) is 45.3 Å². The van der Waals surface area contributed by atoms with Crippen LogP contribution < -0.4 is 9.80 Å². The minimum atomic E-state index is -5.18. The molecule has 0 bridgehead atoms. The number of hydrogen-bond donors (Lipinski definition) is 3. The van der Waals surface area contributed by atoms with Crippen LogP contribution in [0.25, 0.3) is 45.3 Å². The third-order valence-corrected chi connectivity index (χ3v) is 10.2. The van der Waals surface area contributed by atoms with E-state index in [0.29, 0.717) is 28.3 Å². The van der Waals surface area contributed by atoms with E-state index in [-0.39, 0.29) is 48.0 Å². The molecule has 8 rings (SSSR count). The number of nitrogens with zero attached hydrogens (tertiary/aromatic N) is 12. The van der Waals surface area contributed by atoms with E-state index in [1.54, 1.807) is 44.4 Å². The topological polar surface area (TPSA) is 268 Å². The lowest BCUT2D eigenvalue weighted by atomic mass is 10.0. The number of aryl methyl sites for hydroxylation is 2. The highest BCUT2D eigenvalue weighted by Gasteiger charge is 2.42. The molecule has 22 nitrogen and oxygen atoms in total. The number of pyridine rings is 2. The summed E-state index contributed by atoms with van der Waals surface area (Å²) < 4.78 is 63.9. The van der Waals surface area contributed by atoms with E-state index < -0.39 is 69.1 Å². The molecule has 4 atom stereocenters. The van der Waals surface area contributed by atoms with Gasteiger partial charge in [-0.3, -0.25) is 24.3 Å². The van der Waals surface area contributed by atoms with Gasteiger partial charge in [0.05, 0.1) is 57.9 Å². The molecule has 62 heavy (non-hydrogen) atoms. The number of phosphoric acid groups is 1. The molecule has 0 radical (unpaired) electrons. The fourth-order valence-electron chi connectivity index (χ4n) is 6.78. The van der Waals surface area contributed by atoms with E-state index in [0.717, 1.165) is 11.0 Å². The summed E-state index contributed by atoms with van der Waals surface area (Å²) in [6, 6.07) is 14.7. The molecule has 25 heteroatoms. The van der Waals surface area contributed by atoms with Crippen LogP contribution in [0.4, 0.5) is 29.7 Å². The van der Waals surface area contributed by atoms with E-state index in [1.807, 2.05) is 0 Å². The van der Waals surface area contributed by atoms with Crippen LogP contribution in [-0.2, 0) is 37.4 Å². The molecule has 2 amide bonds. The number of aliphatic hydroxyl groups is 1. The minimum Gasteiger partial charge on any atom is -0.441 e. The van der Waals surface area contributed by atoms with E-state index in [9.17, 15) is 29.0 Å². The molecule has 2 saturated heterocycles. The Hall–Kier alpha value is -6.69. The summed E-state index contributed by atoms with van der Waals surface area (Å²) in [5, 5.41) is 34.3. The van der Waals surface area contributed by atoms with Gasteiger partial charge in [-0.15, -0.1) is 20.4 Å². The molecule has 2 aromatic carbocycles. The highest BCUT2D eigenvalue weighted by molar-refractivity contribution is 7.46. The first-order valence-electron chi connectivity index (χ1n) is 18.6. The molecular formula is C37H35F2N12O10P. The Morgan fingerprint density at radius 2 is 1.32 bits per heavy atom. The van der Waals surface area contributed by atoms with Crippen LogP contribution in [-0.4, -0.2) is 128 Å². The van der Waals surface area contributed by atoms with Gasteiger partial charge < -0.3 is 29.1 Å². The third-order valence-electron chi connectivity index (χ3n) is 9.67. The molecule has 2 fully saturated rings. The molecule has 322 valence electrons. The number of aliphatic hydroxyl groups excluding tert-OH is 1. The predicted molar refractivity (Wildman–Crippen MR) is 208 cm³/mol. The first-order chi connectivity index (χ1) is 29.7. The number of phosphoric ester groups is 1. The molecule has 0 saturated carbocycles. The number of carbonyl (C=O) groups is 2. The average Bonchev–Trinajstić information content (AvgIpc) is 4.05. The van der Waals surface area contributed by atoms with Crippen molar-refractivity contribution in [2.45, 2.75) is 30.8 Å². The van der Waals surface area contributed by atoms with Crippen molar-refractivity contribution in [1.29, 1.82) is 0 Å². The van der Waals surface area contributed by atoms with E-state index >= 15 is 8.78 Å². The van der Waals surface area contributed by atoms with Crippen LogP contribution in [0, 0.1) is 11.6 Å². The zero-order valence-corrected chi connectivity index (χ0v) is 33.4. The maximum Gasteiger partial charge on any atom is 0.469 e. The SMILES string of the molecule is Cn1nnc(-c2ccc(-c3ccc(N4C[C@H](COCC(O)CC(OP(=O)(O)O)[C@H]5CN(c6ccc(-c7ccc(-c8nnn(C)n8)nc7)c(F)c6)C(=O)O5)OC4=O)cc3F)cn2)n1. The van der Waals surface area contributed by atoms with Crippen molar-refractivity contribution in [2.24, 2.45) is 14.1 Å². The van der Waals surface area contributed by atoms with Crippen molar-refractivity contribution in [2.75, 3.05) is 36.1 Å². The third kappa shape index (κ3) is 9.44. The number of carbonyl (C=O) groups excluding carboxylic acids is 2. The second-order valence-corrected chi connectivity index (χ2v) is 15.3. The molecule has 0 aliphatic carbocycles. The lowest BCUT2D eigenvalue weighted by Gasteiger charge is -2.25. The first-order valence-corrected chi connectivity index (χ1v) is 20.2. The Morgan fingerprint density at radius 1 is 0.790 bits per heavy atom. The van der Waals surface area contributed by atoms with Gasteiger partial charge in [0.1, 0.15) is 41.3 Å². The number of amides is 2. The second-order valence-electron chi connectivity index (χ2n) is 14.1. The zero-order chi connectivity index (χ0) is 43.7. The fraction of sp³-hybridized carbons (Fsp3) is 0.297. The molecule has 2 unspecified atom stereocenters. The Bertz CT molecular complexity index is 2650. The van der Waals surface area contributed by atoms with Crippen molar-refractivity contribution in [1.82, 2.24) is 50.4 Å². The van der Waals surface area contributed by atoms with E-state index in [4.69, 9.17) is 18.7 Å². The quantitative estimate of drug-likeness (QED) is 0.125. The number of halogens is 2. The normalized spacial score (nSPS) is 17.7. The minimum absolute atomic E-state index is 0.0147. The Labute approximate surface area is 348 Å². The second kappa shape index (κ2) is 17.4. The molecule has 2 aliphatic rings. The lowest BCUT2D eigenvalue weighted by Crippen LogP contribution is -2.37. The van der Waals surface area contributed by atoms with E-state index in [1.165, 1.54) is 51.2 Å². The Balaban J connectivity index is 0.843. The Morgan fingerprint density at radius 3 is 1.79 bits per heavy atom. The Kier molecular flexibility index (Phi) is 11.8. The number of rotatable bonds is 15. The number of tetrazole rings is 2.